The van der Waals surface area contributed by atoms with Gasteiger partial charge >= 0.3 is 11.9 Å². The van der Waals surface area contributed by atoms with E-state index < -0.39 is 28.7 Å². The van der Waals surface area contributed by atoms with Crippen molar-refractivity contribution in [2.75, 3.05) is 19.1 Å². The third kappa shape index (κ3) is 4.29. The standard InChI is InChI=1S/C24H16N2O9/c1-33-23(29)13-9-14(24(30)34-2)11-16(10-13)25-21(27)19-8-7-18(12-20(19)22(25)28)35-17-5-3-15(4-6-17)26(31)32/h3-12H,1-2H3. The van der Waals surface area contributed by atoms with Crippen molar-refractivity contribution >= 4 is 35.1 Å². The first-order valence-electron chi connectivity index (χ1n) is 10.0. The van der Waals surface area contributed by atoms with E-state index in [2.05, 4.69) is 0 Å². The van der Waals surface area contributed by atoms with Crippen LogP contribution in [0.15, 0.2) is 60.7 Å². The van der Waals surface area contributed by atoms with E-state index >= 15 is 0 Å². The van der Waals surface area contributed by atoms with Gasteiger partial charge in [0.15, 0.2) is 0 Å². The summed E-state index contributed by atoms with van der Waals surface area (Å²) in [5, 5.41) is 10.8. The minimum Gasteiger partial charge on any atom is -0.465 e. The molecule has 0 unspecified atom stereocenters. The molecule has 0 saturated carbocycles. The van der Waals surface area contributed by atoms with Gasteiger partial charge in [0, 0.05) is 12.1 Å². The van der Waals surface area contributed by atoms with Crippen molar-refractivity contribution in [3.63, 3.8) is 0 Å². The number of hydrogen-bond donors (Lipinski definition) is 0. The predicted octanol–water partition coefficient (Wildman–Crippen LogP) is 3.76. The molecule has 1 aliphatic rings. The summed E-state index contributed by atoms with van der Waals surface area (Å²) < 4.78 is 15.1. The highest BCUT2D eigenvalue weighted by atomic mass is 16.6. The van der Waals surface area contributed by atoms with E-state index in [0.717, 1.165) is 19.1 Å². The normalized spacial score (nSPS) is 12.2. The first-order chi connectivity index (χ1) is 16.7. The molecule has 1 aliphatic heterocycles. The van der Waals surface area contributed by atoms with Gasteiger partial charge < -0.3 is 14.2 Å². The third-order valence-corrected chi connectivity index (χ3v) is 5.16. The van der Waals surface area contributed by atoms with Crippen LogP contribution in [0, 0.1) is 10.1 Å². The van der Waals surface area contributed by atoms with Gasteiger partial charge in [-0.05, 0) is 48.5 Å². The molecular weight excluding hydrogens is 460 g/mol. The molecule has 0 fully saturated rings. The Morgan fingerprint density at radius 3 is 1.86 bits per heavy atom. The summed E-state index contributed by atoms with van der Waals surface area (Å²) >= 11 is 0. The predicted molar refractivity (Wildman–Crippen MR) is 120 cm³/mol. The van der Waals surface area contributed by atoms with Gasteiger partial charge in [-0.3, -0.25) is 19.7 Å². The average molecular weight is 476 g/mol. The molecule has 4 rings (SSSR count). The number of nitrogens with zero attached hydrogens (tertiary/aromatic N) is 2. The Morgan fingerprint density at radius 1 is 0.771 bits per heavy atom. The SMILES string of the molecule is COC(=O)c1cc(C(=O)OC)cc(N2C(=O)c3ccc(Oc4ccc([N+](=O)[O-])cc4)cc3C2=O)c1. The topological polar surface area (TPSA) is 142 Å². The number of esters is 2. The van der Waals surface area contributed by atoms with Gasteiger partial charge in [-0.1, -0.05) is 0 Å². The van der Waals surface area contributed by atoms with Crippen LogP contribution >= 0.6 is 0 Å². The van der Waals surface area contributed by atoms with Crippen molar-refractivity contribution in [1.82, 2.24) is 0 Å². The van der Waals surface area contributed by atoms with Crippen molar-refractivity contribution in [3.05, 3.63) is 93.0 Å². The lowest BCUT2D eigenvalue weighted by atomic mass is 10.1. The zero-order chi connectivity index (χ0) is 25.3. The third-order valence-electron chi connectivity index (χ3n) is 5.16. The lowest BCUT2D eigenvalue weighted by molar-refractivity contribution is -0.384. The fraction of sp³-hybridized carbons (Fsp3) is 0.0833. The summed E-state index contributed by atoms with van der Waals surface area (Å²) in [5.74, 6) is -2.39. The Labute approximate surface area is 197 Å². The molecule has 1 heterocycles. The van der Waals surface area contributed by atoms with E-state index in [1.807, 2.05) is 0 Å². The maximum absolute atomic E-state index is 13.2. The molecule has 11 nitrogen and oxygen atoms in total. The van der Waals surface area contributed by atoms with E-state index in [0.29, 0.717) is 0 Å². The van der Waals surface area contributed by atoms with Crippen LogP contribution in [0.1, 0.15) is 41.4 Å². The number of nitro benzene ring substituents is 1. The number of carbonyl (C=O) groups is 4. The monoisotopic (exact) mass is 476 g/mol. The van der Waals surface area contributed by atoms with Crippen molar-refractivity contribution in [3.8, 4) is 11.5 Å². The molecule has 0 radical (unpaired) electrons. The molecule has 0 aromatic heterocycles. The largest absolute Gasteiger partial charge is 0.465 e. The van der Waals surface area contributed by atoms with Gasteiger partial charge in [-0.15, -0.1) is 0 Å². The van der Waals surface area contributed by atoms with Gasteiger partial charge in [-0.25, -0.2) is 14.5 Å². The van der Waals surface area contributed by atoms with Gasteiger partial charge in [0.05, 0.1) is 47.1 Å². The van der Waals surface area contributed by atoms with E-state index in [9.17, 15) is 29.3 Å². The van der Waals surface area contributed by atoms with Crippen molar-refractivity contribution in [1.29, 1.82) is 0 Å². The quantitative estimate of drug-likeness (QED) is 0.225. The van der Waals surface area contributed by atoms with E-state index in [4.69, 9.17) is 14.2 Å². The molecule has 35 heavy (non-hydrogen) atoms. The number of methoxy groups -OCH3 is 2. The van der Waals surface area contributed by atoms with Gasteiger partial charge in [-0.2, -0.15) is 0 Å². The van der Waals surface area contributed by atoms with Gasteiger partial charge in [0.2, 0.25) is 0 Å². The molecule has 0 saturated heterocycles. The maximum atomic E-state index is 13.2. The van der Waals surface area contributed by atoms with Crippen LogP contribution in [0.5, 0.6) is 11.5 Å². The molecule has 0 aliphatic carbocycles. The number of anilines is 1. The first-order valence-corrected chi connectivity index (χ1v) is 10.0. The molecule has 0 spiro atoms. The smallest absolute Gasteiger partial charge is 0.337 e. The number of ether oxygens (including phenoxy) is 3. The first kappa shape index (κ1) is 23.1. The minimum absolute atomic E-state index is 0.0164. The second-order valence-electron chi connectivity index (χ2n) is 7.26. The van der Waals surface area contributed by atoms with Crippen LogP contribution in [0.25, 0.3) is 0 Å². The molecule has 2 amide bonds. The number of imide groups is 1. The zero-order valence-electron chi connectivity index (χ0n) is 18.3. The number of non-ortho nitro benzene ring substituents is 1. The Hall–Kier alpha value is -5.06. The molecule has 3 aromatic rings. The van der Waals surface area contributed by atoms with Gasteiger partial charge in [0.1, 0.15) is 11.5 Å². The molecule has 176 valence electrons. The number of fused-ring (bicyclic) bond motifs is 1. The molecule has 11 heteroatoms. The Kier molecular flexibility index (Phi) is 5.98. The summed E-state index contributed by atoms with van der Waals surface area (Å²) in [6.45, 7) is 0. The van der Waals surface area contributed by atoms with Gasteiger partial charge in [0.25, 0.3) is 17.5 Å². The van der Waals surface area contributed by atoms with Crippen LogP contribution in [0.2, 0.25) is 0 Å². The van der Waals surface area contributed by atoms with Crippen molar-refractivity contribution in [2.45, 2.75) is 0 Å². The van der Waals surface area contributed by atoms with Crippen LogP contribution in [0.3, 0.4) is 0 Å². The fourth-order valence-corrected chi connectivity index (χ4v) is 3.50. The Bertz CT molecular complexity index is 1360. The van der Waals surface area contributed by atoms with Crippen LogP contribution < -0.4 is 9.64 Å². The number of nitro groups is 1. The molecule has 0 atom stereocenters. The summed E-state index contributed by atoms with van der Waals surface area (Å²) in [6, 6.07) is 13.3. The number of amides is 2. The fourth-order valence-electron chi connectivity index (χ4n) is 3.50. The number of benzene rings is 3. The minimum atomic E-state index is -0.771. The summed E-state index contributed by atoms with van der Waals surface area (Å²) in [7, 11) is 2.31. The number of rotatable bonds is 6. The maximum Gasteiger partial charge on any atom is 0.337 e. The summed E-state index contributed by atoms with van der Waals surface area (Å²) in [6.07, 6.45) is 0. The lowest BCUT2D eigenvalue weighted by Gasteiger charge is -2.16. The lowest BCUT2D eigenvalue weighted by Crippen LogP contribution is -2.30. The van der Waals surface area contributed by atoms with E-state index in [1.165, 1.54) is 60.7 Å². The Balaban J connectivity index is 1.68. The highest BCUT2D eigenvalue weighted by molar-refractivity contribution is 6.34. The van der Waals surface area contributed by atoms with Crippen molar-refractivity contribution < 1.29 is 38.3 Å². The highest BCUT2D eigenvalue weighted by Gasteiger charge is 2.38. The number of hydrogen-bond acceptors (Lipinski definition) is 9. The van der Waals surface area contributed by atoms with Crippen molar-refractivity contribution in [2.24, 2.45) is 0 Å². The Morgan fingerprint density at radius 2 is 1.31 bits per heavy atom. The zero-order valence-corrected chi connectivity index (χ0v) is 18.3. The number of carbonyl (C=O) groups excluding carboxylic acids is 4. The average Bonchev–Trinajstić information content (AvgIpc) is 3.12. The second kappa shape index (κ2) is 9.06. The highest BCUT2D eigenvalue weighted by Crippen LogP contribution is 2.33. The molecular formula is C24H16N2O9. The van der Waals surface area contributed by atoms with E-state index in [1.54, 1.807) is 0 Å². The van der Waals surface area contributed by atoms with Crippen LogP contribution in [-0.4, -0.2) is 42.9 Å². The summed E-state index contributed by atoms with van der Waals surface area (Å²) in [5.41, 5.74) is -0.0968. The second-order valence-corrected chi connectivity index (χ2v) is 7.26. The molecule has 3 aromatic carbocycles. The summed E-state index contributed by atoms with van der Waals surface area (Å²) in [4.78, 5) is 61.5. The molecule has 0 N–H and O–H groups in total. The van der Waals surface area contributed by atoms with Crippen LogP contribution in [-0.2, 0) is 9.47 Å². The van der Waals surface area contributed by atoms with Crippen LogP contribution in [0.4, 0.5) is 11.4 Å². The molecule has 0 bridgehead atoms. The van der Waals surface area contributed by atoms with E-state index in [-0.39, 0.29) is 45.1 Å².